The number of carbonyl (C=O) groups is 1. The van der Waals surface area contributed by atoms with Gasteiger partial charge in [0.15, 0.2) is 11.5 Å². The summed E-state index contributed by atoms with van der Waals surface area (Å²) in [6.45, 7) is 0.763. The Morgan fingerprint density at radius 3 is 2.42 bits per heavy atom. The van der Waals surface area contributed by atoms with E-state index in [1.54, 1.807) is 0 Å². The lowest BCUT2D eigenvalue weighted by Crippen LogP contribution is -2.57. The summed E-state index contributed by atoms with van der Waals surface area (Å²) in [7, 11) is 6.02. The summed E-state index contributed by atoms with van der Waals surface area (Å²) in [5.41, 5.74) is 0.139. The zero-order valence-electron chi connectivity index (χ0n) is 11.6. The van der Waals surface area contributed by atoms with E-state index in [9.17, 15) is 4.79 Å². The molecule has 0 atom stereocenters. The van der Waals surface area contributed by atoms with Crippen LogP contribution in [0.2, 0.25) is 0 Å². The number of hydrogen-bond acceptors (Lipinski definition) is 5. The van der Waals surface area contributed by atoms with Crippen LogP contribution >= 0.6 is 0 Å². The number of aromatic carboxylic acids is 1. The monoisotopic (exact) mass is 264 g/mol. The first-order valence-electron chi connectivity index (χ1n) is 6.39. The predicted molar refractivity (Wildman–Crippen MR) is 72.5 cm³/mol. The molecule has 1 aliphatic rings. The van der Waals surface area contributed by atoms with Gasteiger partial charge in [0.25, 0.3) is 0 Å². The first kappa shape index (κ1) is 13.7. The summed E-state index contributed by atoms with van der Waals surface area (Å²) >= 11 is 0. The summed E-state index contributed by atoms with van der Waals surface area (Å²) < 4.78 is 0. The Bertz CT molecular complexity index is 471. The van der Waals surface area contributed by atoms with Gasteiger partial charge in [-0.1, -0.05) is 0 Å². The fourth-order valence-corrected chi connectivity index (χ4v) is 2.61. The van der Waals surface area contributed by atoms with Gasteiger partial charge in [0.1, 0.15) is 0 Å². The number of aromatic nitrogens is 2. The minimum Gasteiger partial charge on any atom is -0.476 e. The normalized spacial score (nSPS) is 17.1. The first-order valence-corrected chi connectivity index (χ1v) is 6.39. The lowest BCUT2D eigenvalue weighted by atomic mass is 9.75. The molecule has 1 N–H and O–H groups in total. The second kappa shape index (κ2) is 5.13. The van der Waals surface area contributed by atoms with Crippen LogP contribution in [0, 0.1) is 0 Å². The van der Waals surface area contributed by atoms with Crippen molar-refractivity contribution in [3.05, 3.63) is 18.1 Å². The average molecular weight is 264 g/mol. The van der Waals surface area contributed by atoms with Gasteiger partial charge in [0.05, 0.1) is 0 Å². The van der Waals surface area contributed by atoms with Crippen LogP contribution in [-0.4, -0.2) is 59.2 Å². The first-order chi connectivity index (χ1) is 8.96. The molecule has 1 fully saturated rings. The van der Waals surface area contributed by atoms with Crippen molar-refractivity contribution in [1.29, 1.82) is 0 Å². The van der Waals surface area contributed by atoms with Crippen LogP contribution in [0.5, 0.6) is 0 Å². The van der Waals surface area contributed by atoms with Crippen molar-refractivity contribution in [2.45, 2.75) is 24.8 Å². The molecule has 1 aliphatic carbocycles. The lowest BCUT2D eigenvalue weighted by molar-refractivity contribution is 0.0665. The van der Waals surface area contributed by atoms with E-state index < -0.39 is 5.97 Å². The molecule has 0 unspecified atom stereocenters. The molecule has 0 spiro atoms. The Labute approximate surface area is 113 Å². The third kappa shape index (κ3) is 2.53. The zero-order chi connectivity index (χ0) is 14.0. The van der Waals surface area contributed by atoms with Gasteiger partial charge in [0, 0.05) is 31.5 Å². The van der Waals surface area contributed by atoms with E-state index in [1.807, 2.05) is 11.9 Å². The number of rotatable bonds is 5. The Hall–Kier alpha value is -1.69. The van der Waals surface area contributed by atoms with Gasteiger partial charge in [0.2, 0.25) is 0 Å². The van der Waals surface area contributed by atoms with Crippen LogP contribution in [-0.2, 0) is 0 Å². The summed E-state index contributed by atoms with van der Waals surface area (Å²) in [5.74, 6) is -0.606. The van der Waals surface area contributed by atoms with E-state index in [0.29, 0.717) is 5.82 Å². The standard InChI is InChI=1S/C13H20N4O2/c1-16(2)13(5-4-6-13)9-17(3)11-10(12(18)19)14-7-8-15-11/h7-8H,4-6,9H2,1-3H3,(H,18,19). The highest BCUT2D eigenvalue weighted by atomic mass is 16.4. The van der Waals surface area contributed by atoms with Crippen molar-refractivity contribution < 1.29 is 9.90 Å². The third-order valence-electron chi connectivity index (χ3n) is 4.01. The molecule has 104 valence electrons. The fourth-order valence-electron chi connectivity index (χ4n) is 2.61. The van der Waals surface area contributed by atoms with Crippen LogP contribution in [0.3, 0.4) is 0 Å². The van der Waals surface area contributed by atoms with Gasteiger partial charge in [-0.15, -0.1) is 0 Å². The van der Waals surface area contributed by atoms with Crippen LogP contribution < -0.4 is 4.90 Å². The number of nitrogens with zero attached hydrogens (tertiary/aromatic N) is 4. The number of carboxylic acids is 1. The van der Waals surface area contributed by atoms with E-state index in [2.05, 4.69) is 29.0 Å². The fraction of sp³-hybridized carbons (Fsp3) is 0.615. The second-order valence-corrected chi connectivity index (χ2v) is 5.36. The Morgan fingerprint density at radius 1 is 1.32 bits per heavy atom. The Balaban J connectivity index is 2.20. The van der Waals surface area contributed by atoms with Gasteiger partial charge in [-0.25, -0.2) is 14.8 Å². The van der Waals surface area contributed by atoms with Crippen molar-refractivity contribution in [3.63, 3.8) is 0 Å². The van der Waals surface area contributed by atoms with Crippen molar-refractivity contribution in [3.8, 4) is 0 Å². The maximum Gasteiger partial charge on any atom is 0.358 e. The molecule has 2 rings (SSSR count). The lowest BCUT2D eigenvalue weighted by Gasteiger charge is -2.49. The van der Waals surface area contributed by atoms with E-state index in [1.165, 1.54) is 18.8 Å². The number of likely N-dealkylation sites (N-methyl/N-ethyl adjacent to an activating group) is 2. The van der Waals surface area contributed by atoms with Crippen LogP contribution in [0.4, 0.5) is 5.82 Å². The molecule has 0 radical (unpaired) electrons. The minimum absolute atomic E-state index is 0.0122. The molecule has 0 amide bonds. The molecule has 1 heterocycles. The molecule has 0 aliphatic heterocycles. The average Bonchev–Trinajstić information content (AvgIpc) is 2.33. The van der Waals surface area contributed by atoms with Gasteiger partial charge in [-0.2, -0.15) is 0 Å². The Kier molecular flexibility index (Phi) is 3.71. The summed E-state index contributed by atoms with van der Waals surface area (Å²) in [6, 6.07) is 0. The summed E-state index contributed by atoms with van der Waals surface area (Å²) in [6.07, 6.45) is 6.42. The quantitative estimate of drug-likeness (QED) is 0.858. The van der Waals surface area contributed by atoms with Crippen LogP contribution in [0.15, 0.2) is 12.4 Å². The summed E-state index contributed by atoms with van der Waals surface area (Å²) in [5, 5.41) is 9.15. The van der Waals surface area contributed by atoms with E-state index in [4.69, 9.17) is 5.11 Å². The molecule has 0 bridgehead atoms. The largest absolute Gasteiger partial charge is 0.476 e. The van der Waals surface area contributed by atoms with Crippen LogP contribution in [0.25, 0.3) is 0 Å². The molecule has 6 heteroatoms. The van der Waals surface area contributed by atoms with Crippen molar-refractivity contribution >= 4 is 11.8 Å². The van der Waals surface area contributed by atoms with Gasteiger partial charge in [-0.3, -0.25) is 0 Å². The minimum atomic E-state index is -1.04. The third-order valence-corrected chi connectivity index (χ3v) is 4.01. The van der Waals surface area contributed by atoms with Gasteiger partial charge < -0.3 is 14.9 Å². The van der Waals surface area contributed by atoms with Gasteiger partial charge in [-0.05, 0) is 33.4 Å². The maximum absolute atomic E-state index is 11.2. The molecule has 19 heavy (non-hydrogen) atoms. The molecular formula is C13H20N4O2. The zero-order valence-corrected chi connectivity index (χ0v) is 11.6. The summed E-state index contributed by atoms with van der Waals surface area (Å²) in [4.78, 5) is 23.4. The number of carboxylic acid groups (broad SMARTS) is 1. The van der Waals surface area contributed by atoms with E-state index in [-0.39, 0.29) is 11.2 Å². The molecule has 1 aromatic rings. The van der Waals surface area contributed by atoms with Gasteiger partial charge >= 0.3 is 5.97 Å². The molecular weight excluding hydrogens is 244 g/mol. The van der Waals surface area contributed by atoms with Crippen molar-refractivity contribution in [2.75, 3.05) is 32.6 Å². The number of anilines is 1. The molecule has 1 aromatic heterocycles. The van der Waals surface area contributed by atoms with Crippen molar-refractivity contribution in [1.82, 2.24) is 14.9 Å². The second-order valence-electron chi connectivity index (χ2n) is 5.36. The topological polar surface area (TPSA) is 69.6 Å². The molecule has 1 saturated carbocycles. The highest BCUT2D eigenvalue weighted by Gasteiger charge is 2.40. The highest BCUT2D eigenvalue weighted by Crippen LogP contribution is 2.37. The molecule has 0 saturated heterocycles. The van der Waals surface area contributed by atoms with Crippen LogP contribution in [0.1, 0.15) is 29.8 Å². The van der Waals surface area contributed by atoms with E-state index in [0.717, 1.165) is 19.4 Å². The maximum atomic E-state index is 11.2. The Morgan fingerprint density at radius 2 is 1.95 bits per heavy atom. The molecule has 6 nitrogen and oxygen atoms in total. The SMILES string of the molecule is CN(CC1(N(C)C)CCC1)c1nccnc1C(=O)O. The smallest absolute Gasteiger partial charge is 0.358 e. The predicted octanol–water partition coefficient (Wildman–Crippen LogP) is 1.10. The number of hydrogen-bond donors (Lipinski definition) is 1. The molecule has 0 aromatic carbocycles. The van der Waals surface area contributed by atoms with E-state index >= 15 is 0 Å². The van der Waals surface area contributed by atoms with Crippen molar-refractivity contribution in [2.24, 2.45) is 0 Å². The highest BCUT2D eigenvalue weighted by molar-refractivity contribution is 5.90.